The third-order valence-corrected chi connectivity index (χ3v) is 5.10. The third-order valence-electron chi connectivity index (χ3n) is 3.94. The number of fused-ring (bicyclic) bond motifs is 1. The first kappa shape index (κ1) is 16.6. The Balaban J connectivity index is 1.77. The molecule has 8 heteroatoms. The molecule has 1 saturated carbocycles. The van der Waals surface area contributed by atoms with E-state index >= 15 is 0 Å². The molecule has 1 fully saturated rings. The molecule has 2 heterocycles. The molecular weight excluding hydrogens is 328 g/mol. The maximum absolute atomic E-state index is 11.9. The molecule has 0 spiro atoms. The highest BCUT2D eigenvalue weighted by molar-refractivity contribution is 7.20. The largest absolute Gasteiger partial charge is 0.465 e. The van der Waals surface area contributed by atoms with E-state index in [2.05, 4.69) is 20.6 Å². The van der Waals surface area contributed by atoms with Gasteiger partial charge in [-0.25, -0.2) is 14.8 Å². The van der Waals surface area contributed by atoms with Crippen LogP contribution in [0.4, 0.5) is 5.82 Å². The molecule has 7 nitrogen and oxygen atoms in total. The van der Waals surface area contributed by atoms with E-state index in [0.717, 1.165) is 28.6 Å². The minimum absolute atomic E-state index is 0.125. The molecule has 0 bridgehead atoms. The van der Waals surface area contributed by atoms with Gasteiger partial charge >= 0.3 is 5.97 Å². The first-order valence-electron chi connectivity index (χ1n) is 7.89. The van der Waals surface area contributed by atoms with E-state index in [9.17, 15) is 9.59 Å². The number of nitrogens with zero attached hydrogens (tertiary/aromatic N) is 2. The predicted octanol–water partition coefficient (Wildman–Crippen LogP) is 2.03. The summed E-state index contributed by atoms with van der Waals surface area (Å²) in [6.45, 7) is 4.77. The highest BCUT2D eigenvalue weighted by atomic mass is 32.1. The number of rotatable bonds is 6. The van der Waals surface area contributed by atoms with E-state index in [1.165, 1.54) is 18.4 Å². The van der Waals surface area contributed by atoms with Crippen molar-refractivity contribution in [3.63, 3.8) is 0 Å². The second kappa shape index (κ2) is 6.72. The Morgan fingerprint density at radius 1 is 1.25 bits per heavy atom. The van der Waals surface area contributed by atoms with Crippen LogP contribution in [0.25, 0.3) is 10.2 Å². The van der Waals surface area contributed by atoms with Crippen LogP contribution in [0.15, 0.2) is 0 Å². The zero-order valence-corrected chi connectivity index (χ0v) is 14.7. The van der Waals surface area contributed by atoms with Gasteiger partial charge in [0.05, 0.1) is 12.5 Å². The lowest BCUT2D eigenvalue weighted by atomic mass is 10.2. The maximum atomic E-state index is 11.9. The van der Waals surface area contributed by atoms with Gasteiger partial charge < -0.3 is 15.4 Å². The Hall–Kier alpha value is -2.22. The van der Waals surface area contributed by atoms with E-state index < -0.39 is 0 Å². The van der Waals surface area contributed by atoms with Crippen molar-refractivity contribution < 1.29 is 14.3 Å². The summed E-state index contributed by atoms with van der Waals surface area (Å²) in [6.07, 6.45) is 1.99. The summed E-state index contributed by atoms with van der Waals surface area (Å²) >= 11 is 1.31. The first-order valence-corrected chi connectivity index (χ1v) is 8.70. The molecule has 2 N–H and O–H groups in total. The highest BCUT2D eigenvalue weighted by Crippen LogP contribution is 2.34. The van der Waals surface area contributed by atoms with Crippen LogP contribution in [-0.2, 0) is 9.53 Å². The van der Waals surface area contributed by atoms with Crippen LogP contribution >= 0.6 is 11.3 Å². The average Bonchev–Trinajstić information content (AvgIpc) is 3.35. The summed E-state index contributed by atoms with van der Waals surface area (Å²) in [5.74, 6) is 1.28. The fraction of sp³-hybridized carbons (Fsp3) is 0.500. The van der Waals surface area contributed by atoms with Gasteiger partial charge in [-0.15, -0.1) is 11.3 Å². The van der Waals surface area contributed by atoms with E-state index in [-0.39, 0.29) is 17.8 Å². The number of thiophene rings is 1. The monoisotopic (exact) mass is 348 g/mol. The van der Waals surface area contributed by atoms with Gasteiger partial charge in [0.15, 0.2) is 0 Å². The molecule has 2 aromatic heterocycles. The quantitative estimate of drug-likeness (QED) is 0.613. The summed E-state index contributed by atoms with van der Waals surface area (Å²) in [5.41, 5.74) is 0.811. The molecule has 0 radical (unpaired) electrons. The number of aryl methyl sites for hydroxylation is 2. The van der Waals surface area contributed by atoms with Gasteiger partial charge in [-0.1, -0.05) is 0 Å². The molecular formula is C16H20N4O3S. The van der Waals surface area contributed by atoms with Crippen molar-refractivity contribution in [1.29, 1.82) is 0 Å². The van der Waals surface area contributed by atoms with E-state index in [4.69, 9.17) is 4.74 Å². The second-order valence-electron chi connectivity index (χ2n) is 5.84. The van der Waals surface area contributed by atoms with Crippen LogP contribution in [0.3, 0.4) is 0 Å². The Morgan fingerprint density at radius 3 is 2.67 bits per heavy atom. The lowest BCUT2D eigenvalue weighted by Gasteiger charge is -2.09. The topological polar surface area (TPSA) is 93.2 Å². The van der Waals surface area contributed by atoms with Gasteiger partial charge in [-0.3, -0.25) is 4.79 Å². The minimum atomic E-state index is -0.365. The molecule has 1 aliphatic rings. The molecule has 2 aromatic rings. The van der Waals surface area contributed by atoms with Crippen LogP contribution in [0.2, 0.25) is 0 Å². The van der Waals surface area contributed by atoms with Crippen molar-refractivity contribution in [1.82, 2.24) is 15.3 Å². The summed E-state index contributed by atoms with van der Waals surface area (Å²) in [5, 5.41) is 6.98. The summed E-state index contributed by atoms with van der Waals surface area (Å²) in [4.78, 5) is 33.7. The van der Waals surface area contributed by atoms with Crippen molar-refractivity contribution in [3.8, 4) is 0 Å². The van der Waals surface area contributed by atoms with Gasteiger partial charge in [0.2, 0.25) is 5.91 Å². The standard InChI is InChI=1S/C16H20N4O3S/c1-8-11-13(17-6-7-18-14(21)10-4-5-10)19-9(2)20-15(11)24-12(8)16(22)23-3/h10H,4-7H2,1-3H3,(H,18,21)(H,17,19,20). The van der Waals surface area contributed by atoms with Crippen LogP contribution < -0.4 is 10.6 Å². The van der Waals surface area contributed by atoms with Gasteiger partial charge in [-0.2, -0.15) is 0 Å². The lowest BCUT2D eigenvalue weighted by molar-refractivity contribution is -0.122. The average molecular weight is 348 g/mol. The molecule has 1 aliphatic carbocycles. The van der Waals surface area contributed by atoms with Gasteiger partial charge in [0.1, 0.15) is 21.3 Å². The molecule has 24 heavy (non-hydrogen) atoms. The Morgan fingerprint density at radius 2 is 2.00 bits per heavy atom. The SMILES string of the molecule is COC(=O)c1sc2nc(C)nc(NCCNC(=O)C3CC3)c2c1C. The molecule has 0 saturated heterocycles. The molecule has 3 rings (SSSR count). The van der Waals surface area contributed by atoms with E-state index in [1.807, 2.05) is 13.8 Å². The first-order chi connectivity index (χ1) is 11.5. The van der Waals surface area contributed by atoms with Gasteiger partial charge in [0, 0.05) is 19.0 Å². The smallest absolute Gasteiger partial charge is 0.348 e. The van der Waals surface area contributed by atoms with Crippen LogP contribution in [0.1, 0.15) is 33.9 Å². The van der Waals surface area contributed by atoms with Crippen LogP contribution in [-0.4, -0.2) is 42.0 Å². The normalized spacial score (nSPS) is 13.8. The fourth-order valence-electron chi connectivity index (χ4n) is 2.52. The lowest BCUT2D eigenvalue weighted by Crippen LogP contribution is -2.30. The second-order valence-corrected chi connectivity index (χ2v) is 6.84. The van der Waals surface area contributed by atoms with Crippen molar-refractivity contribution in [3.05, 3.63) is 16.3 Å². The maximum Gasteiger partial charge on any atom is 0.348 e. The highest BCUT2D eigenvalue weighted by Gasteiger charge is 2.29. The minimum Gasteiger partial charge on any atom is -0.465 e. The molecule has 0 atom stereocenters. The number of carbonyl (C=O) groups is 2. The molecule has 0 aromatic carbocycles. The number of amides is 1. The number of methoxy groups -OCH3 is 1. The van der Waals surface area contributed by atoms with E-state index in [1.54, 1.807) is 0 Å². The van der Waals surface area contributed by atoms with Crippen molar-refractivity contribution >= 4 is 39.2 Å². The number of ether oxygens (including phenoxy) is 1. The number of nitrogens with one attached hydrogen (secondary N) is 2. The third kappa shape index (κ3) is 3.33. The van der Waals surface area contributed by atoms with Crippen molar-refractivity contribution in [2.75, 3.05) is 25.5 Å². The van der Waals surface area contributed by atoms with Gasteiger partial charge in [0.25, 0.3) is 0 Å². The summed E-state index contributed by atoms with van der Waals surface area (Å²) in [7, 11) is 1.37. The zero-order chi connectivity index (χ0) is 17.3. The predicted molar refractivity (Wildman–Crippen MR) is 92.5 cm³/mol. The number of hydrogen-bond donors (Lipinski definition) is 2. The summed E-state index contributed by atoms with van der Waals surface area (Å²) in [6, 6.07) is 0. The number of hydrogen-bond acceptors (Lipinski definition) is 7. The Bertz CT molecular complexity index is 798. The Kier molecular flexibility index (Phi) is 4.66. The molecule has 0 aliphatic heterocycles. The number of carbonyl (C=O) groups excluding carboxylic acids is 2. The zero-order valence-electron chi connectivity index (χ0n) is 13.9. The molecule has 1 amide bonds. The summed E-state index contributed by atoms with van der Waals surface area (Å²) < 4.78 is 4.83. The van der Waals surface area contributed by atoms with Crippen molar-refractivity contribution in [2.45, 2.75) is 26.7 Å². The molecule has 0 unspecified atom stereocenters. The molecule has 128 valence electrons. The van der Waals surface area contributed by atoms with Crippen LogP contribution in [0.5, 0.6) is 0 Å². The van der Waals surface area contributed by atoms with Crippen molar-refractivity contribution in [2.24, 2.45) is 5.92 Å². The fourth-order valence-corrected chi connectivity index (χ4v) is 3.66. The number of esters is 1. The van der Waals surface area contributed by atoms with Crippen LogP contribution in [0, 0.1) is 19.8 Å². The van der Waals surface area contributed by atoms with Gasteiger partial charge in [-0.05, 0) is 32.3 Å². The number of anilines is 1. The Labute approximate surface area is 143 Å². The number of aromatic nitrogens is 2. The van der Waals surface area contributed by atoms with E-state index in [0.29, 0.717) is 29.6 Å².